The van der Waals surface area contributed by atoms with Crippen LogP contribution in [0.15, 0.2) is 71.7 Å². The van der Waals surface area contributed by atoms with Crippen LogP contribution >= 0.6 is 0 Å². The van der Waals surface area contributed by atoms with Crippen molar-refractivity contribution < 1.29 is 13.9 Å². The number of hydrogen-bond donors (Lipinski definition) is 2. The molecule has 1 heterocycles. The Hall–Kier alpha value is -3.61. The lowest BCUT2D eigenvalue weighted by Gasteiger charge is -2.14. The highest BCUT2D eigenvalue weighted by Gasteiger charge is 2.19. The number of nitrogens with zero attached hydrogens (tertiary/aromatic N) is 1. The molecule has 3 rings (SSSR count). The summed E-state index contributed by atoms with van der Waals surface area (Å²) in [5.74, 6) is 4.70. The molecule has 27 heavy (non-hydrogen) atoms. The molecule has 0 aliphatic heterocycles. The van der Waals surface area contributed by atoms with Crippen molar-refractivity contribution in [1.29, 1.82) is 0 Å². The van der Waals surface area contributed by atoms with Crippen molar-refractivity contribution >= 4 is 5.91 Å². The number of pyridine rings is 1. The van der Waals surface area contributed by atoms with Gasteiger partial charge in [0.25, 0.3) is 5.91 Å². The third-order valence-electron chi connectivity index (χ3n) is 3.87. The average molecular weight is 367 g/mol. The highest BCUT2D eigenvalue weighted by molar-refractivity contribution is 5.95. The second-order valence-electron chi connectivity index (χ2n) is 5.85. The molecule has 3 aromatic rings. The van der Waals surface area contributed by atoms with Gasteiger partial charge in [-0.15, -0.1) is 0 Å². The maximum absolute atomic E-state index is 13.3. The molecule has 0 bridgehead atoms. The number of amides is 1. The lowest BCUT2D eigenvalue weighted by atomic mass is 10.2. The van der Waals surface area contributed by atoms with Crippen molar-refractivity contribution in [1.82, 2.24) is 9.99 Å². The molecule has 3 N–H and O–H groups in total. The molecule has 0 unspecified atom stereocenters. The molecule has 2 aromatic carbocycles. The van der Waals surface area contributed by atoms with Gasteiger partial charge in [0, 0.05) is 18.8 Å². The standard InChI is InChI=1S/C20H18FN3O3/c21-16-8-4-7-15(11-16)12-23-20(26)18-19(17(25)9-10-24(18)22)27-13-14-5-2-1-3-6-14/h1-11H,12-13,22H2,(H,23,26). The fraction of sp³-hybridized carbons (Fsp3) is 0.100. The van der Waals surface area contributed by atoms with Crippen LogP contribution in [-0.4, -0.2) is 10.6 Å². The van der Waals surface area contributed by atoms with E-state index in [2.05, 4.69) is 5.32 Å². The van der Waals surface area contributed by atoms with Gasteiger partial charge in [0.2, 0.25) is 5.43 Å². The van der Waals surface area contributed by atoms with Crippen LogP contribution in [0.25, 0.3) is 0 Å². The number of ether oxygens (including phenoxy) is 1. The number of halogens is 1. The second kappa shape index (κ2) is 8.18. The van der Waals surface area contributed by atoms with E-state index in [1.165, 1.54) is 24.4 Å². The van der Waals surface area contributed by atoms with Crippen LogP contribution in [0.1, 0.15) is 21.6 Å². The number of nitrogens with two attached hydrogens (primary N) is 1. The quantitative estimate of drug-likeness (QED) is 0.654. The van der Waals surface area contributed by atoms with Crippen LogP contribution in [-0.2, 0) is 13.2 Å². The van der Waals surface area contributed by atoms with Crippen LogP contribution in [0.2, 0.25) is 0 Å². The number of nitrogens with one attached hydrogen (secondary N) is 1. The molecule has 0 fully saturated rings. The zero-order valence-corrected chi connectivity index (χ0v) is 14.4. The van der Waals surface area contributed by atoms with Gasteiger partial charge in [-0.25, -0.2) is 4.39 Å². The van der Waals surface area contributed by atoms with Crippen LogP contribution < -0.4 is 21.3 Å². The van der Waals surface area contributed by atoms with E-state index in [0.29, 0.717) is 5.56 Å². The fourth-order valence-corrected chi connectivity index (χ4v) is 2.53. The Morgan fingerprint density at radius 3 is 2.56 bits per heavy atom. The van der Waals surface area contributed by atoms with Crippen molar-refractivity contribution in [2.24, 2.45) is 0 Å². The maximum Gasteiger partial charge on any atom is 0.274 e. The summed E-state index contributed by atoms with van der Waals surface area (Å²) in [5.41, 5.74) is 0.866. The third kappa shape index (κ3) is 4.52. The molecule has 0 aliphatic carbocycles. The summed E-state index contributed by atoms with van der Waals surface area (Å²) in [5, 5.41) is 2.62. The Labute approximate surface area is 155 Å². The second-order valence-corrected chi connectivity index (χ2v) is 5.85. The van der Waals surface area contributed by atoms with Gasteiger partial charge in [0.15, 0.2) is 11.4 Å². The molecule has 0 spiro atoms. The van der Waals surface area contributed by atoms with Gasteiger partial charge < -0.3 is 15.9 Å². The van der Waals surface area contributed by atoms with E-state index in [0.717, 1.165) is 10.2 Å². The molecular weight excluding hydrogens is 349 g/mol. The number of aromatic nitrogens is 1. The van der Waals surface area contributed by atoms with Crippen LogP contribution in [0.3, 0.4) is 0 Å². The summed E-state index contributed by atoms with van der Waals surface area (Å²) in [7, 11) is 0. The lowest BCUT2D eigenvalue weighted by molar-refractivity contribution is 0.0937. The summed E-state index contributed by atoms with van der Waals surface area (Å²) in [6.07, 6.45) is 1.29. The Balaban J connectivity index is 1.80. The summed E-state index contributed by atoms with van der Waals surface area (Å²) in [6.45, 7) is 0.197. The van der Waals surface area contributed by atoms with Crippen LogP contribution in [0, 0.1) is 5.82 Å². The monoisotopic (exact) mass is 367 g/mol. The van der Waals surface area contributed by atoms with Crippen molar-refractivity contribution in [3.8, 4) is 5.75 Å². The molecule has 1 aromatic heterocycles. The Morgan fingerprint density at radius 2 is 1.81 bits per heavy atom. The predicted octanol–water partition coefficient (Wildman–Crippen LogP) is 2.21. The predicted molar refractivity (Wildman–Crippen MR) is 99.2 cm³/mol. The Kier molecular flexibility index (Phi) is 5.51. The van der Waals surface area contributed by atoms with Crippen molar-refractivity contribution in [3.63, 3.8) is 0 Å². The molecule has 6 nitrogen and oxygen atoms in total. The summed E-state index contributed by atoms with van der Waals surface area (Å²) >= 11 is 0. The number of nitrogen functional groups attached to an aromatic ring is 1. The number of rotatable bonds is 6. The molecular formula is C20H18FN3O3. The SMILES string of the molecule is Nn1ccc(=O)c(OCc2ccccc2)c1C(=O)NCc1cccc(F)c1. The highest BCUT2D eigenvalue weighted by atomic mass is 19.1. The van der Waals surface area contributed by atoms with Crippen molar-refractivity contribution in [2.75, 3.05) is 5.84 Å². The van der Waals surface area contributed by atoms with Gasteiger partial charge in [-0.3, -0.25) is 14.3 Å². The number of carbonyl (C=O) groups is 1. The number of benzene rings is 2. The van der Waals surface area contributed by atoms with Gasteiger partial charge in [0.1, 0.15) is 12.4 Å². The van der Waals surface area contributed by atoms with Gasteiger partial charge in [-0.2, -0.15) is 0 Å². The Bertz CT molecular complexity index is 1000. The zero-order valence-electron chi connectivity index (χ0n) is 14.4. The number of hydrogen-bond acceptors (Lipinski definition) is 4. The minimum atomic E-state index is -0.595. The van der Waals surface area contributed by atoms with Gasteiger partial charge >= 0.3 is 0 Å². The van der Waals surface area contributed by atoms with Gasteiger partial charge in [0.05, 0.1) is 0 Å². The summed E-state index contributed by atoms with van der Waals surface area (Å²) in [6, 6.07) is 16.3. The van der Waals surface area contributed by atoms with E-state index < -0.39 is 17.2 Å². The van der Waals surface area contributed by atoms with Gasteiger partial charge in [-0.1, -0.05) is 42.5 Å². The third-order valence-corrected chi connectivity index (χ3v) is 3.87. The largest absolute Gasteiger partial charge is 0.482 e. The summed E-state index contributed by atoms with van der Waals surface area (Å²) < 4.78 is 19.9. The van der Waals surface area contributed by atoms with Gasteiger partial charge in [-0.05, 0) is 23.3 Å². The number of carbonyl (C=O) groups excluding carboxylic acids is 1. The van der Waals surface area contributed by atoms with Crippen LogP contribution in [0.4, 0.5) is 4.39 Å². The Morgan fingerprint density at radius 1 is 1.07 bits per heavy atom. The molecule has 0 radical (unpaired) electrons. The first-order valence-electron chi connectivity index (χ1n) is 8.24. The van der Waals surface area contributed by atoms with E-state index >= 15 is 0 Å². The minimum Gasteiger partial charge on any atom is -0.482 e. The molecule has 0 atom stereocenters. The van der Waals surface area contributed by atoms with Crippen molar-refractivity contribution in [2.45, 2.75) is 13.2 Å². The van der Waals surface area contributed by atoms with E-state index in [1.807, 2.05) is 30.3 Å². The first-order chi connectivity index (χ1) is 13.0. The topological polar surface area (TPSA) is 86.3 Å². The molecule has 7 heteroatoms. The minimum absolute atomic E-state index is 0.0812. The normalized spacial score (nSPS) is 10.4. The highest BCUT2D eigenvalue weighted by Crippen LogP contribution is 2.14. The van der Waals surface area contributed by atoms with Crippen molar-refractivity contribution in [3.05, 3.63) is 99.7 Å². The molecule has 1 amide bonds. The van der Waals surface area contributed by atoms with E-state index in [-0.39, 0.29) is 24.6 Å². The van der Waals surface area contributed by atoms with E-state index in [4.69, 9.17) is 10.6 Å². The molecule has 138 valence electrons. The fourth-order valence-electron chi connectivity index (χ4n) is 2.53. The van der Waals surface area contributed by atoms with Crippen LogP contribution in [0.5, 0.6) is 5.75 Å². The first kappa shape index (κ1) is 18.2. The van der Waals surface area contributed by atoms with E-state index in [1.54, 1.807) is 12.1 Å². The average Bonchev–Trinajstić information content (AvgIpc) is 2.67. The molecule has 0 saturated carbocycles. The maximum atomic E-state index is 13.3. The molecule has 0 saturated heterocycles. The summed E-state index contributed by atoms with van der Waals surface area (Å²) in [4.78, 5) is 24.8. The molecule has 0 aliphatic rings. The van der Waals surface area contributed by atoms with E-state index in [9.17, 15) is 14.0 Å². The smallest absolute Gasteiger partial charge is 0.274 e. The first-order valence-corrected chi connectivity index (χ1v) is 8.24. The zero-order chi connectivity index (χ0) is 19.2. The lowest BCUT2D eigenvalue weighted by Crippen LogP contribution is -2.32.